The number of hydrogen-bond acceptors (Lipinski definition) is 5. The highest BCUT2D eigenvalue weighted by atomic mass is 16.5. The van der Waals surface area contributed by atoms with E-state index in [1.165, 1.54) is 7.11 Å². The predicted octanol–water partition coefficient (Wildman–Crippen LogP) is 2.27. The Balaban J connectivity index is 1.41. The van der Waals surface area contributed by atoms with Gasteiger partial charge in [-0.25, -0.2) is 4.79 Å². The van der Waals surface area contributed by atoms with E-state index in [2.05, 4.69) is 12.2 Å². The summed E-state index contributed by atoms with van der Waals surface area (Å²) in [6, 6.07) is 6.64. The van der Waals surface area contributed by atoms with Gasteiger partial charge in [0.25, 0.3) is 5.91 Å². The minimum atomic E-state index is -0.778. The van der Waals surface area contributed by atoms with E-state index in [1.807, 2.05) is 24.3 Å². The molecule has 5 atom stereocenters. The molecule has 7 heteroatoms. The van der Waals surface area contributed by atoms with Crippen molar-refractivity contribution >= 4 is 17.8 Å². The Bertz CT molecular complexity index is 959. The molecule has 0 aromatic heterocycles. The fraction of sp³-hybridized carbons (Fsp3) is 0.522. The highest BCUT2D eigenvalue weighted by molar-refractivity contribution is 5.98. The summed E-state index contributed by atoms with van der Waals surface area (Å²) in [4.78, 5) is 40.0. The molecule has 1 N–H and O–H groups in total. The van der Waals surface area contributed by atoms with E-state index in [0.717, 1.165) is 12.8 Å². The molecular weight excluding hydrogens is 384 g/mol. The van der Waals surface area contributed by atoms with Crippen molar-refractivity contribution in [2.24, 2.45) is 17.3 Å². The molecule has 0 radical (unpaired) electrons. The van der Waals surface area contributed by atoms with Gasteiger partial charge in [0.1, 0.15) is 11.8 Å². The van der Waals surface area contributed by atoms with Crippen molar-refractivity contribution in [3.63, 3.8) is 0 Å². The van der Waals surface area contributed by atoms with Crippen LogP contribution >= 0.6 is 0 Å². The first-order valence-electron chi connectivity index (χ1n) is 10.5. The second-order valence-electron chi connectivity index (χ2n) is 9.18. The zero-order valence-corrected chi connectivity index (χ0v) is 17.2. The molecule has 3 fully saturated rings. The first kappa shape index (κ1) is 19.2. The Hall–Kier alpha value is -2.83. The number of para-hydroxylation sites is 1. The van der Waals surface area contributed by atoms with E-state index in [0.29, 0.717) is 30.7 Å². The fourth-order valence-electron chi connectivity index (χ4n) is 5.91. The van der Waals surface area contributed by atoms with Crippen LogP contribution in [0.3, 0.4) is 0 Å². The van der Waals surface area contributed by atoms with Gasteiger partial charge >= 0.3 is 5.97 Å². The standard InChI is InChI=1S/C23H26N2O5/c1-22-10-9-14(12-16(22)20(27)25-11-5-7-17(25)21(28)29-2)23(13-22)24-19(26)15-6-3-4-8-18(15)30-23/h3-8,14,16-17H,9-13H2,1-2H3,(H,24,26). The van der Waals surface area contributed by atoms with E-state index in [-0.39, 0.29) is 29.1 Å². The van der Waals surface area contributed by atoms with Crippen molar-refractivity contribution in [1.82, 2.24) is 10.2 Å². The third-order valence-corrected chi connectivity index (χ3v) is 7.48. The number of carbonyl (C=O) groups excluding carboxylic acids is 3. The Kier molecular flexibility index (Phi) is 4.21. The van der Waals surface area contributed by atoms with Crippen molar-refractivity contribution in [3.8, 4) is 5.75 Å². The number of rotatable bonds is 2. The number of nitrogens with zero attached hydrogens (tertiary/aromatic N) is 1. The van der Waals surface area contributed by atoms with Crippen LogP contribution in [-0.4, -0.2) is 48.1 Å². The van der Waals surface area contributed by atoms with Crippen LogP contribution in [0.25, 0.3) is 0 Å². The SMILES string of the molecule is COC(=O)C1C=CCN1C(=O)C1CC2CCC1(C)CC21NC(=O)c2ccccc2O1. The van der Waals surface area contributed by atoms with Gasteiger partial charge in [0, 0.05) is 24.8 Å². The monoisotopic (exact) mass is 410 g/mol. The molecule has 2 aliphatic heterocycles. The topological polar surface area (TPSA) is 84.9 Å². The largest absolute Gasteiger partial charge is 0.467 e. The fourth-order valence-corrected chi connectivity index (χ4v) is 5.91. The van der Waals surface area contributed by atoms with Crippen LogP contribution in [0.15, 0.2) is 36.4 Å². The maximum absolute atomic E-state index is 13.5. The molecule has 1 aromatic rings. The van der Waals surface area contributed by atoms with Crippen molar-refractivity contribution in [2.75, 3.05) is 13.7 Å². The van der Waals surface area contributed by atoms with E-state index in [4.69, 9.17) is 9.47 Å². The Labute approximate surface area is 175 Å². The minimum absolute atomic E-state index is 0.0139. The Morgan fingerprint density at radius 1 is 1.30 bits per heavy atom. The lowest BCUT2D eigenvalue weighted by molar-refractivity contribution is -0.176. The van der Waals surface area contributed by atoms with E-state index in [9.17, 15) is 14.4 Å². The van der Waals surface area contributed by atoms with Gasteiger partial charge in [0.2, 0.25) is 5.91 Å². The Morgan fingerprint density at radius 3 is 2.87 bits per heavy atom. The zero-order chi connectivity index (χ0) is 21.1. The third kappa shape index (κ3) is 2.67. The molecule has 2 bridgehead atoms. The van der Waals surface area contributed by atoms with Gasteiger partial charge < -0.3 is 19.7 Å². The second-order valence-corrected chi connectivity index (χ2v) is 9.18. The molecule has 30 heavy (non-hydrogen) atoms. The minimum Gasteiger partial charge on any atom is -0.467 e. The summed E-state index contributed by atoms with van der Waals surface area (Å²) >= 11 is 0. The van der Waals surface area contributed by atoms with E-state index < -0.39 is 17.7 Å². The number of amides is 2. The zero-order valence-electron chi connectivity index (χ0n) is 17.2. The van der Waals surface area contributed by atoms with Crippen LogP contribution in [-0.2, 0) is 14.3 Å². The lowest BCUT2D eigenvalue weighted by Gasteiger charge is -2.60. The molecule has 5 unspecified atom stereocenters. The average molecular weight is 410 g/mol. The Morgan fingerprint density at radius 2 is 2.10 bits per heavy atom. The molecule has 3 saturated carbocycles. The van der Waals surface area contributed by atoms with Crippen LogP contribution in [0, 0.1) is 17.3 Å². The van der Waals surface area contributed by atoms with Gasteiger partial charge in [-0.2, -0.15) is 0 Å². The van der Waals surface area contributed by atoms with Crippen LogP contribution < -0.4 is 10.1 Å². The summed E-state index contributed by atoms with van der Waals surface area (Å²) in [6.45, 7) is 2.53. The highest BCUT2D eigenvalue weighted by Gasteiger charge is 2.62. The molecule has 1 aromatic carbocycles. The number of nitrogens with one attached hydrogen (secondary N) is 1. The molecule has 0 saturated heterocycles. The van der Waals surface area contributed by atoms with Gasteiger partial charge in [0.15, 0.2) is 5.72 Å². The van der Waals surface area contributed by atoms with E-state index >= 15 is 0 Å². The van der Waals surface area contributed by atoms with Gasteiger partial charge in [-0.1, -0.05) is 31.2 Å². The number of benzene rings is 1. The molecule has 2 heterocycles. The van der Waals surface area contributed by atoms with Crippen molar-refractivity contribution < 1.29 is 23.9 Å². The summed E-state index contributed by atoms with van der Waals surface area (Å²) in [5.74, 6) is -0.122. The molecule has 1 spiro atoms. The number of esters is 1. The van der Waals surface area contributed by atoms with Gasteiger partial charge in [0.05, 0.1) is 12.7 Å². The second kappa shape index (κ2) is 6.59. The normalized spacial score (nSPS) is 36.3. The number of methoxy groups -OCH3 is 1. The summed E-state index contributed by atoms with van der Waals surface area (Å²) in [5.41, 5.74) is -0.555. The highest BCUT2D eigenvalue weighted by Crippen LogP contribution is 2.59. The van der Waals surface area contributed by atoms with Crippen LogP contribution in [0.1, 0.15) is 43.0 Å². The number of fused-ring (bicyclic) bond motifs is 3. The molecule has 5 aliphatic rings. The van der Waals surface area contributed by atoms with E-state index in [1.54, 1.807) is 17.0 Å². The van der Waals surface area contributed by atoms with Gasteiger partial charge in [-0.05, 0) is 36.8 Å². The van der Waals surface area contributed by atoms with Crippen LogP contribution in [0.5, 0.6) is 5.75 Å². The molecular formula is C23H26N2O5. The maximum atomic E-state index is 13.5. The maximum Gasteiger partial charge on any atom is 0.332 e. The lowest BCUT2D eigenvalue weighted by Crippen LogP contribution is -2.69. The number of ether oxygens (including phenoxy) is 2. The first-order chi connectivity index (χ1) is 14.4. The predicted molar refractivity (Wildman–Crippen MR) is 107 cm³/mol. The third-order valence-electron chi connectivity index (χ3n) is 7.48. The molecule has 7 nitrogen and oxygen atoms in total. The van der Waals surface area contributed by atoms with Crippen LogP contribution in [0.4, 0.5) is 0 Å². The lowest BCUT2D eigenvalue weighted by atomic mass is 9.52. The smallest absolute Gasteiger partial charge is 0.332 e. The quantitative estimate of drug-likeness (QED) is 0.597. The van der Waals surface area contributed by atoms with Crippen molar-refractivity contribution in [3.05, 3.63) is 42.0 Å². The molecule has 3 aliphatic carbocycles. The summed E-state index contributed by atoms with van der Waals surface area (Å²) in [6.07, 6.45) is 6.55. The summed E-state index contributed by atoms with van der Waals surface area (Å²) < 4.78 is 11.3. The average Bonchev–Trinajstić information content (AvgIpc) is 3.22. The number of hydrogen-bond donors (Lipinski definition) is 1. The van der Waals surface area contributed by atoms with Crippen molar-refractivity contribution in [1.29, 1.82) is 0 Å². The van der Waals surface area contributed by atoms with Crippen LogP contribution in [0.2, 0.25) is 0 Å². The van der Waals surface area contributed by atoms with Crippen molar-refractivity contribution in [2.45, 2.75) is 44.4 Å². The molecule has 6 rings (SSSR count). The van der Waals surface area contributed by atoms with Gasteiger partial charge in [-0.3, -0.25) is 9.59 Å². The molecule has 2 amide bonds. The summed E-state index contributed by atoms with van der Waals surface area (Å²) in [5, 5.41) is 3.14. The molecule has 158 valence electrons. The summed E-state index contributed by atoms with van der Waals surface area (Å²) in [7, 11) is 1.34. The first-order valence-corrected chi connectivity index (χ1v) is 10.5. The van der Waals surface area contributed by atoms with Gasteiger partial charge in [-0.15, -0.1) is 0 Å². The number of carbonyl (C=O) groups is 3.